The molecule has 0 aromatic carbocycles. The zero-order chi connectivity index (χ0) is 33.8. The third-order valence-electron chi connectivity index (χ3n) is 8.80. The average molecular weight is 666 g/mol. The van der Waals surface area contributed by atoms with Gasteiger partial charge in [-0.15, -0.1) is 0 Å². The van der Waals surface area contributed by atoms with Crippen molar-refractivity contribution in [2.45, 2.75) is 131 Å². The lowest BCUT2D eigenvalue weighted by atomic mass is 9.89. The maximum Gasteiger partial charge on any atom is 0.330 e. The summed E-state index contributed by atoms with van der Waals surface area (Å²) in [5.74, 6) is -2.47. The van der Waals surface area contributed by atoms with E-state index in [1.54, 1.807) is 50.3 Å². The molecule has 4 fully saturated rings. The summed E-state index contributed by atoms with van der Waals surface area (Å²) in [5, 5.41) is 53.8. The number of carbonyl (C=O) groups is 1. The fourth-order valence-electron chi connectivity index (χ4n) is 6.34. The van der Waals surface area contributed by atoms with Crippen LogP contribution in [0.25, 0.3) is 0 Å². The van der Waals surface area contributed by atoms with Crippen molar-refractivity contribution in [3.8, 4) is 0 Å². The molecule has 0 saturated carbocycles. The van der Waals surface area contributed by atoms with Crippen LogP contribution in [0.3, 0.4) is 0 Å². The van der Waals surface area contributed by atoms with Crippen LogP contribution in [-0.4, -0.2) is 123 Å². The van der Waals surface area contributed by atoms with Crippen LogP contribution in [0.1, 0.15) is 46.0 Å². The van der Waals surface area contributed by atoms with E-state index in [0.717, 1.165) is 0 Å². The minimum absolute atomic E-state index is 0.0151. The van der Waals surface area contributed by atoms with E-state index in [9.17, 15) is 30.3 Å². The second kappa shape index (κ2) is 15.5. The van der Waals surface area contributed by atoms with Crippen molar-refractivity contribution in [2.75, 3.05) is 6.79 Å². The number of cyclic esters (lactones) is 1. The van der Waals surface area contributed by atoms with Crippen molar-refractivity contribution in [1.29, 1.82) is 0 Å². The maximum absolute atomic E-state index is 12.2. The smallest absolute Gasteiger partial charge is 0.330 e. The second-order valence-electron chi connectivity index (χ2n) is 12.7. The molecule has 2 bridgehead atoms. The number of carbonyl (C=O) groups excluding carboxylic acids is 1. The van der Waals surface area contributed by atoms with Crippen molar-refractivity contribution in [3.63, 3.8) is 0 Å². The second-order valence-corrected chi connectivity index (χ2v) is 12.7. The van der Waals surface area contributed by atoms with Crippen LogP contribution in [-0.2, 0) is 38.0 Å². The molecule has 0 aliphatic carbocycles. The fraction of sp³-hybridized carbons (Fsp3) is 0.667. The third kappa shape index (κ3) is 9.44. The molecule has 14 atom stereocenters. The summed E-state index contributed by atoms with van der Waals surface area (Å²) in [6, 6.07) is 0. The first kappa shape index (κ1) is 36.0. The molecule has 0 aromatic heterocycles. The number of hydrogen-bond acceptors (Lipinski definition) is 14. The third-order valence-corrected chi connectivity index (χ3v) is 8.80. The van der Waals surface area contributed by atoms with Crippen LogP contribution < -0.4 is 5.73 Å². The van der Waals surface area contributed by atoms with Crippen molar-refractivity contribution < 1.29 is 63.5 Å². The Bertz CT molecular complexity index is 1220. The number of hydrogen-bond donors (Lipinski definition) is 6. The van der Waals surface area contributed by atoms with Gasteiger partial charge < -0.3 is 58.7 Å². The Labute approximate surface area is 273 Å². The molecule has 5 aliphatic heterocycles. The molecule has 0 aromatic rings. The van der Waals surface area contributed by atoms with Crippen molar-refractivity contribution >= 4 is 5.97 Å². The Kier molecular flexibility index (Phi) is 11.9. The zero-order valence-electron chi connectivity index (χ0n) is 26.5. The molecular weight excluding hydrogens is 618 g/mol. The molecule has 13 unspecified atom stereocenters. The Balaban J connectivity index is 1.36. The first-order chi connectivity index (χ1) is 22.4. The van der Waals surface area contributed by atoms with Crippen LogP contribution >= 0.6 is 0 Å². The lowest BCUT2D eigenvalue weighted by Gasteiger charge is -2.45. The fourth-order valence-corrected chi connectivity index (χ4v) is 6.34. The van der Waals surface area contributed by atoms with Crippen LogP contribution in [0.15, 0.2) is 60.8 Å². The minimum atomic E-state index is -1.97. The molecule has 4 saturated heterocycles. The summed E-state index contributed by atoms with van der Waals surface area (Å²) >= 11 is 0. The summed E-state index contributed by atoms with van der Waals surface area (Å²) in [4.78, 5) is 12.2. The van der Waals surface area contributed by atoms with Gasteiger partial charge in [0.2, 0.25) is 0 Å². The Morgan fingerprint density at radius 3 is 2.47 bits per heavy atom. The average Bonchev–Trinajstić information content (AvgIpc) is 3.91. The quantitative estimate of drug-likeness (QED) is 0.134. The van der Waals surface area contributed by atoms with Crippen molar-refractivity contribution in [1.82, 2.24) is 0 Å². The first-order valence-corrected chi connectivity index (χ1v) is 16.1. The molecule has 7 N–H and O–H groups in total. The topological polar surface area (TPSA) is 215 Å². The predicted octanol–water partition coefficient (Wildman–Crippen LogP) is 0.120. The highest BCUT2D eigenvalue weighted by Gasteiger charge is 2.67. The maximum atomic E-state index is 12.2. The van der Waals surface area contributed by atoms with Gasteiger partial charge in [-0.1, -0.05) is 48.6 Å². The number of rotatable bonds is 4. The molecule has 14 heteroatoms. The zero-order valence-corrected chi connectivity index (χ0v) is 26.5. The van der Waals surface area contributed by atoms with Gasteiger partial charge in [0.25, 0.3) is 0 Å². The lowest BCUT2D eigenvalue weighted by Crippen LogP contribution is -2.59. The number of epoxide rings is 2. The van der Waals surface area contributed by atoms with Gasteiger partial charge in [-0.2, -0.15) is 0 Å². The van der Waals surface area contributed by atoms with Gasteiger partial charge in [-0.3, -0.25) is 5.73 Å². The van der Waals surface area contributed by atoms with Crippen LogP contribution in [0.2, 0.25) is 0 Å². The van der Waals surface area contributed by atoms with E-state index in [1.165, 1.54) is 6.08 Å². The monoisotopic (exact) mass is 665 g/mol. The number of aliphatic hydroxyl groups excluding tert-OH is 4. The molecule has 5 aliphatic rings. The molecule has 0 radical (unpaired) electrons. The van der Waals surface area contributed by atoms with E-state index in [4.69, 9.17) is 38.9 Å². The van der Waals surface area contributed by atoms with E-state index < -0.39 is 85.5 Å². The number of aliphatic hydroxyl groups is 5. The van der Waals surface area contributed by atoms with Gasteiger partial charge in [0.15, 0.2) is 17.8 Å². The van der Waals surface area contributed by atoms with Gasteiger partial charge in [-0.25, -0.2) is 4.79 Å². The van der Waals surface area contributed by atoms with Gasteiger partial charge >= 0.3 is 5.97 Å². The lowest BCUT2D eigenvalue weighted by molar-refractivity contribution is -0.325. The summed E-state index contributed by atoms with van der Waals surface area (Å²) in [5.41, 5.74) is 4.90. The number of nitrogens with two attached hydrogens (primary N) is 1. The largest absolute Gasteiger partial charge is 0.459 e. The van der Waals surface area contributed by atoms with E-state index in [2.05, 4.69) is 0 Å². The van der Waals surface area contributed by atoms with E-state index in [1.807, 2.05) is 18.2 Å². The molecule has 5 rings (SSSR count). The van der Waals surface area contributed by atoms with Gasteiger partial charge in [0, 0.05) is 38.2 Å². The Morgan fingerprint density at radius 2 is 1.70 bits per heavy atom. The summed E-state index contributed by atoms with van der Waals surface area (Å²) in [7, 11) is 0. The highest BCUT2D eigenvalue weighted by Crippen LogP contribution is 2.45. The molecule has 0 spiro atoms. The SMILES string of the molecule is CC1CC=CC=CC=CC=CC(OC2OC(C)C3OC3(N)C2O)CC2OC(O)(CC(O)CC3OC3C=CC(=O)O1)CC(O)[C@H]2OCO. The van der Waals surface area contributed by atoms with Gasteiger partial charge in [0.1, 0.15) is 37.3 Å². The highest BCUT2D eigenvalue weighted by atomic mass is 16.7. The Morgan fingerprint density at radius 1 is 0.957 bits per heavy atom. The molecule has 5 heterocycles. The normalized spacial score (nSPS) is 46.2. The number of esters is 1. The molecule has 14 nitrogen and oxygen atoms in total. The number of ether oxygens (including phenoxy) is 7. The van der Waals surface area contributed by atoms with E-state index in [0.29, 0.717) is 6.42 Å². The standard InChI is InChI=1S/C33H47NO13/c1-19-10-8-6-4-3-5-7-9-11-22(44-31-29(39)33(34)30(47-33)20(2)43-31)15-26-28(41-18-35)23(37)17-32(40,46-26)16-21(36)14-25-24(45-25)12-13-27(38)42-19/h3-9,11-13,19-26,28-31,35-37,39-40H,10,14-18,34H2,1-2H3/t19?,20?,21?,22?,23?,24?,25?,26?,28-,29?,30?,31?,32?,33?/m1/s1. The molecule has 0 amide bonds. The summed E-state index contributed by atoms with van der Waals surface area (Å²) < 4.78 is 40.0. The van der Waals surface area contributed by atoms with Gasteiger partial charge in [-0.05, 0) is 19.9 Å². The van der Waals surface area contributed by atoms with Crippen LogP contribution in [0, 0.1) is 0 Å². The number of fused-ring (bicyclic) bond motifs is 4. The summed E-state index contributed by atoms with van der Waals surface area (Å²) in [6.45, 7) is 2.83. The van der Waals surface area contributed by atoms with Gasteiger partial charge in [0.05, 0.1) is 36.6 Å². The molecule has 262 valence electrons. The minimum Gasteiger partial charge on any atom is -0.459 e. The van der Waals surface area contributed by atoms with E-state index >= 15 is 0 Å². The molecule has 47 heavy (non-hydrogen) atoms. The van der Waals surface area contributed by atoms with Crippen molar-refractivity contribution in [3.05, 3.63) is 60.8 Å². The highest BCUT2D eigenvalue weighted by molar-refractivity contribution is 5.82. The summed E-state index contributed by atoms with van der Waals surface area (Å²) in [6.07, 6.45) is 7.44. The van der Waals surface area contributed by atoms with Crippen LogP contribution in [0.4, 0.5) is 0 Å². The first-order valence-electron chi connectivity index (χ1n) is 16.1. The van der Waals surface area contributed by atoms with E-state index in [-0.39, 0.29) is 37.9 Å². The predicted molar refractivity (Wildman–Crippen MR) is 164 cm³/mol. The van der Waals surface area contributed by atoms with Crippen LogP contribution in [0.5, 0.6) is 0 Å². The number of allylic oxidation sites excluding steroid dienone is 6. The molecular formula is C33H47NO13. The van der Waals surface area contributed by atoms with Crippen molar-refractivity contribution in [2.24, 2.45) is 5.73 Å². The Hall–Kier alpha value is -2.31.